The maximum Gasteiger partial charge on any atom is 0.165 e. The highest BCUT2D eigenvalue weighted by molar-refractivity contribution is 5.28. The van der Waals surface area contributed by atoms with Crippen LogP contribution in [0.4, 0.5) is 4.39 Å². The number of ether oxygens (including phenoxy) is 1. The number of halogens is 1. The van der Waals surface area contributed by atoms with E-state index in [2.05, 4.69) is 0 Å². The highest BCUT2D eigenvalue weighted by Gasteiger charge is 2.03. The zero-order chi connectivity index (χ0) is 11.1. The molecule has 3 nitrogen and oxygen atoms in total. The number of rotatable bonds is 6. The smallest absolute Gasteiger partial charge is 0.165 e. The summed E-state index contributed by atoms with van der Waals surface area (Å²) in [5.74, 6) is -0.282. The Morgan fingerprint density at radius 2 is 2.00 bits per heavy atom. The molecule has 0 aromatic heterocycles. The zero-order valence-electron chi connectivity index (χ0n) is 8.45. The molecule has 0 spiro atoms. The van der Waals surface area contributed by atoms with E-state index in [0.717, 1.165) is 0 Å². The lowest BCUT2D eigenvalue weighted by molar-refractivity contribution is 0.247. The number of hydrogen-bond acceptors (Lipinski definition) is 3. The van der Waals surface area contributed by atoms with E-state index in [-0.39, 0.29) is 19.0 Å². The zero-order valence-corrected chi connectivity index (χ0v) is 8.45. The van der Waals surface area contributed by atoms with Crippen LogP contribution >= 0.6 is 0 Å². The maximum atomic E-state index is 13.3. The SMILES string of the molecule is OCCCCOc1ccc(CO)cc1F. The molecule has 1 rings (SSSR count). The molecule has 2 N–H and O–H groups in total. The van der Waals surface area contributed by atoms with Crippen LogP contribution in [-0.2, 0) is 6.61 Å². The van der Waals surface area contributed by atoms with Crippen LogP contribution in [0.2, 0.25) is 0 Å². The molecule has 0 saturated heterocycles. The summed E-state index contributed by atoms with van der Waals surface area (Å²) in [4.78, 5) is 0. The van der Waals surface area contributed by atoms with Crippen molar-refractivity contribution in [3.63, 3.8) is 0 Å². The molecular weight excluding hydrogens is 199 g/mol. The van der Waals surface area contributed by atoms with Crippen LogP contribution in [0.3, 0.4) is 0 Å². The second kappa shape index (κ2) is 6.37. The topological polar surface area (TPSA) is 49.7 Å². The van der Waals surface area contributed by atoms with E-state index in [1.165, 1.54) is 12.1 Å². The Labute approximate surface area is 88.1 Å². The highest BCUT2D eigenvalue weighted by Crippen LogP contribution is 2.18. The van der Waals surface area contributed by atoms with Crippen LogP contribution in [0.1, 0.15) is 18.4 Å². The number of aliphatic hydroxyl groups excluding tert-OH is 2. The van der Waals surface area contributed by atoms with Crippen LogP contribution in [0, 0.1) is 5.82 Å². The summed E-state index contributed by atoms with van der Waals surface area (Å²) >= 11 is 0. The van der Waals surface area contributed by atoms with Crippen LogP contribution < -0.4 is 4.74 Å². The summed E-state index contributed by atoms with van der Waals surface area (Å²) in [5, 5.41) is 17.3. The summed E-state index contributed by atoms with van der Waals surface area (Å²) in [6, 6.07) is 4.37. The Balaban J connectivity index is 2.47. The monoisotopic (exact) mass is 214 g/mol. The summed E-state index contributed by atoms with van der Waals surface area (Å²) in [7, 11) is 0. The molecule has 0 aliphatic heterocycles. The summed E-state index contributed by atoms with van der Waals surface area (Å²) in [6.45, 7) is 0.326. The molecule has 0 fully saturated rings. The Hall–Kier alpha value is -1.13. The highest BCUT2D eigenvalue weighted by atomic mass is 19.1. The van der Waals surface area contributed by atoms with Gasteiger partial charge in [-0.3, -0.25) is 0 Å². The van der Waals surface area contributed by atoms with Gasteiger partial charge in [0.1, 0.15) is 0 Å². The molecular formula is C11H15FO3. The standard InChI is InChI=1S/C11H15FO3/c12-10-7-9(8-14)3-4-11(10)15-6-2-1-5-13/h3-4,7,13-14H,1-2,5-6,8H2. The van der Waals surface area contributed by atoms with Crippen molar-refractivity contribution in [3.8, 4) is 5.75 Å². The minimum atomic E-state index is -0.467. The van der Waals surface area contributed by atoms with Gasteiger partial charge in [0.15, 0.2) is 11.6 Å². The average molecular weight is 214 g/mol. The molecule has 0 unspecified atom stereocenters. The molecule has 1 aromatic rings. The summed E-state index contributed by atoms with van der Waals surface area (Å²) < 4.78 is 18.4. The molecule has 0 saturated carbocycles. The van der Waals surface area contributed by atoms with Crippen LogP contribution in [0.25, 0.3) is 0 Å². The molecule has 0 amide bonds. The van der Waals surface area contributed by atoms with Gasteiger partial charge in [-0.05, 0) is 30.5 Å². The molecule has 4 heteroatoms. The molecule has 1 aromatic carbocycles. The van der Waals surface area contributed by atoms with Gasteiger partial charge in [0.05, 0.1) is 13.2 Å². The first-order valence-electron chi connectivity index (χ1n) is 4.91. The first-order chi connectivity index (χ1) is 7.27. The Morgan fingerprint density at radius 3 is 2.60 bits per heavy atom. The van der Waals surface area contributed by atoms with E-state index < -0.39 is 5.82 Å². The molecule has 0 bridgehead atoms. The number of hydrogen-bond donors (Lipinski definition) is 2. The van der Waals surface area contributed by atoms with E-state index >= 15 is 0 Å². The van der Waals surface area contributed by atoms with E-state index in [1.807, 2.05) is 0 Å². The number of unbranched alkanes of at least 4 members (excludes halogenated alkanes) is 1. The van der Waals surface area contributed by atoms with Gasteiger partial charge >= 0.3 is 0 Å². The van der Waals surface area contributed by atoms with Gasteiger partial charge in [-0.1, -0.05) is 6.07 Å². The van der Waals surface area contributed by atoms with E-state index in [0.29, 0.717) is 25.0 Å². The fourth-order valence-electron chi connectivity index (χ4n) is 1.16. The number of benzene rings is 1. The van der Waals surface area contributed by atoms with E-state index in [4.69, 9.17) is 14.9 Å². The molecule has 0 atom stereocenters. The average Bonchev–Trinajstić information content (AvgIpc) is 2.26. The minimum Gasteiger partial charge on any atom is -0.491 e. The number of aliphatic hydroxyl groups is 2. The normalized spacial score (nSPS) is 10.3. The molecule has 15 heavy (non-hydrogen) atoms. The van der Waals surface area contributed by atoms with Gasteiger partial charge in [-0.25, -0.2) is 4.39 Å². The lowest BCUT2D eigenvalue weighted by Crippen LogP contribution is -2.00. The Bertz CT molecular complexity index is 302. The van der Waals surface area contributed by atoms with Crippen molar-refractivity contribution in [1.82, 2.24) is 0 Å². The van der Waals surface area contributed by atoms with Crippen molar-refractivity contribution in [2.75, 3.05) is 13.2 Å². The van der Waals surface area contributed by atoms with Gasteiger partial charge in [-0.15, -0.1) is 0 Å². The third kappa shape index (κ3) is 3.85. The van der Waals surface area contributed by atoms with Gasteiger partial charge < -0.3 is 14.9 Å². The van der Waals surface area contributed by atoms with Crippen molar-refractivity contribution in [3.05, 3.63) is 29.6 Å². The third-order valence-corrected chi connectivity index (χ3v) is 1.99. The largest absolute Gasteiger partial charge is 0.491 e. The van der Waals surface area contributed by atoms with Crippen molar-refractivity contribution < 1.29 is 19.3 Å². The van der Waals surface area contributed by atoms with Gasteiger partial charge in [0, 0.05) is 6.61 Å². The third-order valence-electron chi connectivity index (χ3n) is 1.99. The van der Waals surface area contributed by atoms with Gasteiger partial charge in [0.25, 0.3) is 0 Å². The first-order valence-corrected chi connectivity index (χ1v) is 4.91. The van der Waals surface area contributed by atoms with Crippen molar-refractivity contribution in [2.24, 2.45) is 0 Å². The lowest BCUT2D eigenvalue weighted by Gasteiger charge is -2.07. The molecule has 0 aliphatic rings. The molecule has 0 heterocycles. The fourth-order valence-corrected chi connectivity index (χ4v) is 1.16. The Kier molecular flexibility index (Phi) is 5.07. The summed E-state index contributed by atoms with van der Waals surface area (Å²) in [5.41, 5.74) is 0.523. The van der Waals surface area contributed by atoms with Gasteiger partial charge in [-0.2, -0.15) is 0 Å². The van der Waals surface area contributed by atoms with Gasteiger partial charge in [0.2, 0.25) is 0 Å². The predicted octanol–water partition coefficient (Wildman–Crippen LogP) is 1.47. The second-order valence-corrected chi connectivity index (χ2v) is 3.20. The molecule has 0 aliphatic carbocycles. The second-order valence-electron chi connectivity index (χ2n) is 3.20. The minimum absolute atomic E-state index is 0.120. The van der Waals surface area contributed by atoms with Crippen molar-refractivity contribution in [2.45, 2.75) is 19.4 Å². The lowest BCUT2D eigenvalue weighted by atomic mass is 10.2. The van der Waals surface area contributed by atoms with Crippen molar-refractivity contribution in [1.29, 1.82) is 0 Å². The summed E-state index contributed by atoms with van der Waals surface area (Å²) in [6.07, 6.45) is 1.34. The van der Waals surface area contributed by atoms with Crippen molar-refractivity contribution >= 4 is 0 Å². The fraction of sp³-hybridized carbons (Fsp3) is 0.455. The Morgan fingerprint density at radius 1 is 1.20 bits per heavy atom. The molecule has 0 radical (unpaired) electrons. The van der Waals surface area contributed by atoms with Crippen LogP contribution in [0.15, 0.2) is 18.2 Å². The maximum absolute atomic E-state index is 13.3. The predicted molar refractivity (Wildman–Crippen MR) is 54.1 cm³/mol. The first kappa shape index (κ1) is 11.9. The van der Waals surface area contributed by atoms with E-state index in [9.17, 15) is 4.39 Å². The van der Waals surface area contributed by atoms with Crippen LogP contribution in [-0.4, -0.2) is 23.4 Å². The quantitative estimate of drug-likeness (QED) is 0.705. The molecule has 84 valence electrons. The van der Waals surface area contributed by atoms with Crippen LogP contribution in [0.5, 0.6) is 5.75 Å². The van der Waals surface area contributed by atoms with E-state index in [1.54, 1.807) is 6.07 Å².